The molecule has 1 aliphatic heterocycles. The number of fused-ring (bicyclic) bond motifs is 2. The lowest BCUT2D eigenvalue weighted by atomic mass is 9.66. The molecule has 2 aliphatic carbocycles. The first-order valence-corrected chi connectivity index (χ1v) is 9.26. The van der Waals surface area contributed by atoms with Crippen LogP contribution in [0.5, 0.6) is 0 Å². The maximum absolute atomic E-state index is 3.84. The molecule has 0 aromatic rings. The predicted molar refractivity (Wildman–Crippen MR) is 90.5 cm³/mol. The Morgan fingerprint density at radius 2 is 1.86 bits per heavy atom. The van der Waals surface area contributed by atoms with Crippen LogP contribution in [-0.2, 0) is 0 Å². The first kappa shape index (κ1) is 15.8. The van der Waals surface area contributed by atoms with Crippen molar-refractivity contribution in [2.45, 2.75) is 91.3 Å². The quantitative estimate of drug-likeness (QED) is 0.844. The van der Waals surface area contributed by atoms with E-state index in [4.69, 9.17) is 0 Å². The van der Waals surface area contributed by atoms with Crippen molar-refractivity contribution in [3.8, 4) is 0 Å². The van der Waals surface area contributed by atoms with Crippen LogP contribution in [0, 0.1) is 16.7 Å². The van der Waals surface area contributed by atoms with E-state index in [-0.39, 0.29) is 0 Å². The van der Waals surface area contributed by atoms with Crippen molar-refractivity contribution in [1.82, 2.24) is 10.2 Å². The summed E-state index contributed by atoms with van der Waals surface area (Å²) in [4.78, 5) is 2.94. The molecular formula is C19H36N2. The smallest absolute Gasteiger partial charge is 0.0278 e. The van der Waals surface area contributed by atoms with Gasteiger partial charge in [-0.3, -0.25) is 4.90 Å². The summed E-state index contributed by atoms with van der Waals surface area (Å²) in [6.45, 7) is 17.3. The van der Waals surface area contributed by atoms with Crippen molar-refractivity contribution in [3.05, 3.63) is 0 Å². The van der Waals surface area contributed by atoms with Crippen LogP contribution in [0.2, 0.25) is 0 Å². The fourth-order valence-electron chi connectivity index (χ4n) is 6.09. The molecule has 1 heterocycles. The maximum atomic E-state index is 3.84. The Morgan fingerprint density at radius 1 is 1.14 bits per heavy atom. The Morgan fingerprint density at radius 3 is 2.38 bits per heavy atom. The van der Waals surface area contributed by atoms with Gasteiger partial charge < -0.3 is 5.32 Å². The van der Waals surface area contributed by atoms with Crippen LogP contribution in [0.3, 0.4) is 0 Å². The van der Waals surface area contributed by atoms with Crippen molar-refractivity contribution in [1.29, 1.82) is 0 Å². The molecule has 0 spiro atoms. The molecule has 21 heavy (non-hydrogen) atoms. The van der Waals surface area contributed by atoms with Gasteiger partial charge in [0, 0.05) is 30.7 Å². The molecule has 3 rings (SSSR count). The van der Waals surface area contributed by atoms with Crippen LogP contribution < -0.4 is 5.32 Å². The average Bonchev–Trinajstić information content (AvgIpc) is 2.90. The van der Waals surface area contributed by atoms with E-state index < -0.39 is 0 Å². The number of hydrogen-bond donors (Lipinski definition) is 1. The molecule has 2 bridgehead atoms. The van der Waals surface area contributed by atoms with Crippen molar-refractivity contribution in [2.24, 2.45) is 16.7 Å². The minimum Gasteiger partial charge on any atom is -0.309 e. The summed E-state index contributed by atoms with van der Waals surface area (Å²) in [6.07, 6.45) is 6.89. The minimum absolute atomic E-state index is 0.305. The Bertz CT molecular complexity index is 400. The van der Waals surface area contributed by atoms with Gasteiger partial charge in [0.05, 0.1) is 0 Å². The summed E-state index contributed by atoms with van der Waals surface area (Å²) >= 11 is 0. The van der Waals surface area contributed by atoms with Gasteiger partial charge in [-0.1, -0.05) is 34.6 Å². The number of hydrogen-bond acceptors (Lipinski definition) is 2. The molecule has 0 amide bonds. The molecule has 1 N–H and O–H groups in total. The molecule has 2 heteroatoms. The molecule has 5 atom stereocenters. The van der Waals surface area contributed by atoms with Gasteiger partial charge >= 0.3 is 0 Å². The second-order valence-corrected chi connectivity index (χ2v) is 9.35. The van der Waals surface area contributed by atoms with E-state index >= 15 is 0 Å². The first-order valence-electron chi connectivity index (χ1n) is 9.26. The van der Waals surface area contributed by atoms with Gasteiger partial charge in [0.25, 0.3) is 0 Å². The molecule has 0 aromatic carbocycles. The van der Waals surface area contributed by atoms with Gasteiger partial charge in [0.1, 0.15) is 0 Å². The summed E-state index contributed by atoms with van der Waals surface area (Å²) in [5.41, 5.74) is 1.36. The molecular weight excluding hydrogens is 256 g/mol. The van der Waals surface area contributed by atoms with Crippen LogP contribution in [0.1, 0.15) is 73.6 Å². The van der Waals surface area contributed by atoms with Crippen LogP contribution in [0.25, 0.3) is 0 Å². The molecule has 2 saturated carbocycles. The Labute approximate surface area is 132 Å². The Hall–Kier alpha value is -0.0800. The zero-order chi connectivity index (χ0) is 15.5. The lowest BCUT2D eigenvalue weighted by molar-refractivity contribution is -0.0553. The minimum atomic E-state index is 0.305. The second-order valence-electron chi connectivity index (χ2n) is 9.35. The van der Waals surface area contributed by atoms with Crippen molar-refractivity contribution in [3.63, 3.8) is 0 Å². The zero-order valence-corrected chi connectivity index (χ0v) is 15.1. The third kappa shape index (κ3) is 2.28. The van der Waals surface area contributed by atoms with Crippen LogP contribution >= 0.6 is 0 Å². The summed E-state index contributed by atoms with van der Waals surface area (Å²) < 4.78 is 0. The molecule has 3 fully saturated rings. The molecule has 2 nitrogen and oxygen atoms in total. The lowest BCUT2D eigenvalue weighted by Crippen LogP contribution is -2.68. The fourth-order valence-corrected chi connectivity index (χ4v) is 6.09. The number of rotatable bonds is 3. The molecule has 0 radical (unpaired) electrons. The van der Waals surface area contributed by atoms with Gasteiger partial charge in [-0.25, -0.2) is 0 Å². The number of piperazine rings is 1. The number of nitrogens with one attached hydrogen (secondary N) is 1. The SMILES string of the molecule is CCC1CNC(C)(CC)CN1C1C2(C)CCC(C2)C1(C)C. The largest absolute Gasteiger partial charge is 0.309 e. The van der Waals surface area contributed by atoms with Crippen LogP contribution in [-0.4, -0.2) is 35.6 Å². The highest BCUT2D eigenvalue weighted by molar-refractivity contribution is 5.15. The van der Waals surface area contributed by atoms with Crippen LogP contribution in [0.15, 0.2) is 0 Å². The van der Waals surface area contributed by atoms with Gasteiger partial charge in [0.2, 0.25) is 0 Å². The van der Waals surface area contributed by atoms with E-state index in [2.05, 4.69) is 51.8 Å². The Balaban J connectivity index is 1.92. The van der Waals surface area contributed by atoms with E-state index in [1.807, 2.05) is 0 Å². The molecule has 0 aromatic heterocycles. The highest BCUT2D eigenvalue weighted by Crippen LogP contribution is 2.64. The van der Waals surface area contributed by atoms with Gasteiger partial charge in [-0.15, -0.1) is 0 Å². The summed E-state index contributed by atoms with van der Waals surface area (Å²) in [6, 6.07) is 1.51. The fraction of sp³-hybridized carbons (Fsp3) is 1.00. The van der Waals surface area contributed by atoms with Gasteiger partial charge in [0.15, 0.2) is 0 Å². The van der Waals surface area contributed by atoms with E-state index in [1.54, 1.807) is 0 Å². The summed E-state index contributed by atoms with van der Waals surface area (Å²) in [5.74, 6) is 0.952. The molecule has 5 unspecified atom stereocenters. The highest BCUT2D eigenvalue weighted by atomic mass is 15.3. The third-order valence-corrected chi connectivity index (χ3v) is 7.54. The highest BCUT2D eigenvalue weighted by Gasteiger charge is 2.62. The average molecular weight is 293 g/mol. The molecule has 122 valence electrons. The van der Waals surface area contributed by atoms with Crippen molar-refractivity contribution >= 4 is 0 Å². The normalized spacial score (nSPS) is 49.7. The van der Waals surface area contributed by atoms with Crippen molar-refractivity contribution < 1.29 is 0 Å². The second kappa shape index (κ2) is 4.96. The maximum Gasteiger partial charge on any atom is 0.0278 e. The van der Waals surface area contributed by atoms with E-state index in [0.29, 0.717) is 16.4 Å². The van der Waals surface area contributed by atoms with Gasteiger partial charge in [-0.2, -0.15) is 0 Å². The molecule has 1 saturated heterocycles. The third-order valence-electron chi connectivity index (χ3n) is 7.54. The van der Waals surface area contributed by atoms with Gasteiger partial charge in [-0.05, 0) is 55.8 Å². The number of nitrogens with zero attached hydrogens (tertiary/aromatic N) is 1. The lowest BCUT2D eigenvalue weighted by Gasteiger charge is -2.56. The predicted octanol–water partition coefficient (Wildman–Crippen LogP) is 4.05. The standard InChI is InChI=1S/C19H36N2/c1-7-15-12-20-19(6,8-2)13-21(15)16-17(3,4)14-9-10-18(16,5)11-14/h14-16,20H,7-13H2,1-6H3. The topological polar surface area (TPSA) is 15.3 Å². The summed E-state index contributed by atoms with van der Waals surface area (Å²) in [5, 5.41) is 3.84. The first-order chi connectivity index (χ1) is 9.76. The van der Waals surface area contributed by atoms with E-state index in [1.165, 1.54) is 45.2 Å². The zero-order valence-electron chi connectivity index (χ0n) is 15.1. The molecule has 3 aliphatic rings. The van der Waals surface area contributed by atoms with E-state index in [0.717, 1.165) is 18.0 Å². The van der Waals surface area contributed by atoms with Crippen molar-refractivity contribution in [2.75, 3.05) is 13.1 Å². The Kier molecular flexibility index (Phi) is 3.73. The van der Waals surface area contributed by atoms with E-state index in [9.17, 15) is 0 Å². The summed E-state index contributed by atoms with van der Waals surface area (Å²) in [7, 11) is 0. The van der Waals surface area contributed by atoms with Crippen LogP contribution in [0.4, 0.5) is 0 Å². The monoisotopic (exact) mass is 292 g/mol.